The number of ether oxygens (including phenoxy) is 2. The molecule has 5 nitrogen and oxygen atoms in total. The molecule has 0 atom stereocenters. The van der Waals surface area contributed by atoms with Gasteiger partial charge in [-0.3, -0.25) is 4.98 Å². The van der Waals surface area contributed by atoms with Crippen LogP contribution in [-0.4, -0.2) is 40.8 Å². The molecule has 1 aromatic heterocycles. The van der Waals surface area contributed by atoms with Crippen molar-refractivity contribution in [1.29, 1.82) is 0 Å². The number of halogens is 2. The maximum Gasteiger partial charge on any atom is 0.410 e. The Bertz CT molecular complexity index is 627. The SMILES string of the molecule is CC(C)(C)OC(=O)N1CCC2(CC1)CC(Oc1ccc(C(F)F)nc1)C2. The van der Waals surface area contributed by atoms with Crippen LogP contribution in [0.1, 0.15) is 58.6 Å². The first-order chi connectivity index (χ1) is 12.2. The molecule has 2 aliphatic rings. The molecule has 1 aromatic rings. The summed E-state index contributed by atoms with van der Waals surface area (Å²) in [5, 5.41) is 0. The Morgan fingerprint density at radius 3 is 2.42 bits per heavy atom. The predicted octanol–water partition coefficient (Wildman–Crippen LogP) is 4.58. The third kappa shape index (κ3) is 4.43. The fourth-order valence-electron chi connectivity index (χ4n) is 3.67. The van der Waals surface area contributed by atoms with Gasteiger partial charge in [0.1, 0.15) is 17.0 Å². The number of rotatable bonds is 3. The first-order valence-electron chi connectivity index (χ1n) is 9.05. The Balaban J connectivity index is 1.44. The molecule has 0 aromatic carbocycles. The Labute approximate surface area is 152 Å². The van der Waals surface area contributed by atoms with Crippen molar-refractivity contribution in [2.75, 3.05) is 13.1 Å². The van der Waals surface area contributed by atoms with Gasteiger partial charge >= 0.3 is 6.09 Å². The van der Waals surface area contributed by atoms with Gasteiger partial charge in [0.25, 0.3) is 6.43 Å². The lowest BCUT2D eigenvalue weighted by atomic mass is 9.61. The number of hydrogen-bond acceptors (Lipinski definition) is 4. The van der Waals surface area contributed by atoms with Crippen LogP contribution in [0.2, 0.25) is 0 Å². The fraction of sp³-hybridized carbons (Fsp3) is 0.684. The predicted molar refractivity (Wildman–Crippen MR) is 92.3 cm³/mol. The molecular formula is C19H26F2N2O3. The van der Waals surface area contributed by atoms with Gasteiger partial charge in [0.15, 0.2) is 0 Å². The second-order valence-electron chi connectivity index (χ2n) is 8.33. The molecule has 26 heavy (non-hydrogen) atoms. The molecule has 1 aliphatic heterocycles. The lowest BCUT2D eigenvalue weighted by Gasteiger charge is -2.51. The zero-order valence-electron chi connectivity index (χ0n) is 15.5. The topological polar surface area (TPSA) is 51.7 Å². The van der Waals surface area contributed by atoms with Crippen LogP contribution < -0.4 is 4.74 Å². The molecular weight excluding hydrogens is 342 g/mol. The fourth-order valence-corrected chi connectivity index (χ4v) is 3.67. The number of alkyl halides is 2. The number of carbonyl (C=O) groups is 1. The van der Waals surface area contributed by atoms with Crippen LogP contribution >= 0.6 is 0 Å². The molecule has 1 amide bonds. The first-order valence-corrected chi connectivity index (χ1v) is 9.05. The van der Waals surface area contributed by atoms with E-state index in [0.29, 0.717) is 18.8 Å². The monoisotopic (exact) mass is 368 g/mol. The van der Waals surface area contributed by atoms with Gasteiger partial charge in [-0.1, -0.05) is 0 Å². The minimum Gasteiger partial charge on any atom is -0.489 e. The van der Waals surface area contributed by atoms with Gasteiger partial charge in [0, 0.05) is 13.1 Å². The number of carbonyl (C=O) groups excluding carboxylic acids is 1. The van der Waals surface area contributed by atoms with E-state index in [1.165, 1.54) is 12.3 Å². The summed E-state index contributed by atoms with van der Waals surface area (Å²) >= 11 is 0. The number of pyridine rings is 1. The van der Waals surface area contributed by atoms with Crippen molar-refractivity contribution in [3.63, 3.8) is 0 Å². The average molecular weight is 368 g/mol. The summed E-state index contributed by atoms with van der Waals surface area (Å²) in [6, 6.07) is 2.85. The molecule has 7 heteroatoms. The maximum atomic E-state index is 12.5. The largest absolute Gasteiger partial charge is 0.489 e. The van der Waals surface area contributed by atoms with E-state index in [4.69, 9.17) is 9.47 Å². The molecule has 0 unspecified atom stereocenters. The van der Waals surface area contributed by atoms with Crippen LogP contribution in [-0.2, 0) is 4.74 Å². The third-order valence-electron chi connectivity index (χ3n) is 5.08. The van der Waals surface area contributed by atoms with E-state index in [2.05, 4.69) is 4.98 Å². The molecule has 3 rings (SSSR count). The minimum atomic E-state index is -2.56. The number of aromatic nitrogens is 1. The van der Waals surface area contributed by atoms with Gasteiger partial charge in [-0.15, -0.1) is 0 Å². The van der Waals surface area contributed by atoms with Crippen molar-refractivity contribution < 1.29 is 23.0 Å². The third-order valence-corrected chi connectivity index (χ3v) is 5.08. The maximum absolute atomic E-state index is 12.5. The normalized spacial score (nSPS) is 20.2. The van der Waals surface area contributed by atoms with Crippen molar-refractivity contribution in [3.05, 3.63) is 24.0 Å². The molecule has 144 valence electrons. The molecule has 0 bridgehead atoms. The lowest BCUT2D eigenvalue weighted by Crippen LogP contribution is -2.52. The van der Waals surface area contributed by atoms with Crippen LogP contribution in [0.25, 0.3) is 0 Å². The Kier molecular flexibility index (Phi) is 5.08. The summed E-state index contributed by atoms with van der Waals surface area (Å²) in [6.07, 6.45) is 2.36. The summed E-state index contributed by atoms with van der Waals surface area (Å²) in [7, 11) is 0. The molecule has 0 radical (unpaired) electrons. The highest BCUT2D eigenvalue weighted by Gasteiger charge is 2.48. The average Bonchev–Trinajstić information content (AvgIpc) is 2.53. The second-order valence-corrected chi connectivity index (χ2v) is 8.33. The van der Waals surface area contributed by atoms with Crippen LogP contribution in [0.3, 0.4) is 0 Å². The standard InChI is InChI=1S/C19H26F2N2O3/c1-18(2,3)26-17(24)23-8-6-19(7-9-23)10-14(11-19)25-13-4-5-15(16(20)21)22-12-13/h4-5,12,14,16H,6-11H2,1-3H3. The van der Waals surface area contributed by atoms with Crippen LogP contribution in [0, 0.1) is 5.41 Å². The highest BCUT2D eigenvalue weighted by atomic mass is 19.3. The quantitative estimate of drug-likeness (QED) is 0.784. The number of piperidine rings is 1. The van der Waals surface area contributed by atoms with Crippen LogP contribution in [0.15, 0.2) is 18.3 Å². The lowest BCUT2D eigenvalue weighted by molar-refractivity contribution is -0.0584. The summed E-state index contributed by atoms with van der Waals surface area (Å²) in [5.41, 5.74) is -0.494. The van der Waals surface area contributed by atoms with Crippen molar-refractivity contribution in [1.82, 2.24) is 9.88 Å². The van der Waals surface area contributed by atoms with Gasteiger partial charge in [0.05, 0.1) is 12.3 Å². The highest BCUT2D eigenvalue weighted by molar-refractivity contribution is 5.68. The first kappa shape index (κ1) is 18.9. The van der Waals surface area contributed by atoms with E-state index in [1.54, 1.807) is 11.0 Å². The number of amides is 1. The molecule has 1 saturated carbocycles. The van der Waals surface area contributed by atoms with Gasteiger partial charge in [-0.05, 0) is 64.0 Å². The number of hydrogen-bond donors (Lipinski definition) is 0. The second kappa shape index (κ2) is 7.00. The summed E-state index contributed by atoms with van der Waals surface area (Å²) in [5.74, 6) is 0.528. The zero-order valence-corrected chi connectivity index (χ0v) is 15.5. The van der Waals surface area contributed by atoms with E-state index in [1.807, 2.05) is 20.8 Å². The molecule has 2 fully saturated rings. The molecule has 1 spiro atoms. The van der Waals surface area contributed by atoms with Crippen LogP contribution in [0.5, 0.6) is 5.75 Å². The number of likely N-dealkylation sites (tertiary alicyclic amines) is 1. The molecule has 0 N–H and O–H groups in total. The van der Waals surface area contributed by atoms with E-state index < -0.39 is 12.0 Å². The summed E-state index contributed by atoms with van der Waals surface area (Å²) < 4.78 is 36.3. The van der Waals surface area contributed by atoms with Crippen LogP contribution in [0.4, 0.5) is 13.6 Å². The van der Waals surface area contributed by atoms with Gasteiger partial charge in [-0.25, -0.2) is 13.6 Å². The van der Waals surface area contributed by atoms with E-state index in [-0.39, 0.29) is 23.3 Å². The number of nitrogens with zero attached hydrogens (tertiary/aromatic N) is 2. The summed E-state index contributed by atoms with van der Waals surface area (Å²) in [4.78, 5) is 17.6. The highest BCUT2D eigenvalue weighted by Crippen LogP contribution is 2.50. The Hall–Kier alpha value is -1.92. The summed E-state index contributed by atoms with van der Waals surface area (Å²) in [6.45, 7) is 7.01. The van der Waals surface area contributed by atoms with E-state index in [9.17, 15) is 13.6 Å². The smallest absolute Gasteiger partial charge is 0.410 e. The Morgan fingerprint density at radius 2 is 1.92 bits per heavy atom. The molecule has 1 aliphatic carbocycles. The van der Waals surface area contributed by atoms with Crippen molar-refractivity contribution in [2.24, 2.45) is 5.41 Å². The van der Waals surface area contributed by atoms with Crippen molar-refractivity contribution in [3.8, 4) is 5.75 Å². The zero-order chi connectivity index (χ0) is 18.9. The van der Waals surface area contributed by atoms with E-state index >= 15 is 0 Å². The van der Waals surface area contributed by atoms with E-state index in [0.717, 1.165) is 25.7 Å². The molecule has 2 heterocycles. The molecule has 1 saturated heterocycles. The van der Waals surface area contributed by atoms with Gasteiger partial charge in [-0.2, -0.15) is 0 Å². The van der Waals surface area contributed by atoms with Gasteiger partial charge < -0.3 is 14.4 Å². The van der Waals surface area contributed by atoms with Gasteiger partial charge in [0.2, 0.25) is 0 Å². The minimum absolute atomic E-state index is 0.0854. The van der Waals surface area contributed by atoms with Crippen molar-refractivity contribution in [2.45, 2.75) is 64.6 Å². The van der Waals surface area contributed by atoms with Crippen molar-refractivity contribution >= 4 is 6.09 Å². The Morgan fingerprint density at radius 1 is 1.27 bits per heavy atom.